The number of aliphatic hydroxyl groups is 1. The van der Waals surface area contributed by atoms with Gasteiger partial charge in [-0.1, -0.05) is 31.2 Å². The lowest BCUT2D eigenvalue weighted by Gasteiger charge is -2.30. The molecular formula is C19H27NO2S. The minimum Gasteiger partial charge on any atom is -0.491 e. The Kier molecular flexibility index (Phi) is 7.09. The molecule has 3 nitrogen and oxygen atoms in total. The van der Waals surface area contributed by atoms with Gasteiger partial charge < -0.3 is 9.84 Å². The summed E-state index contributed by atoms with van der Waals surface area (Å²) in [5, 5.41) is 12.5. The van der Waals surface area contributed by atoms with Gasteiger partial charge in [0.1, 0.15) is 18.5 Å². The highest BCUT2D eigenvalue weighted by atomic mass is 32.1. The monoisotopic (exact) mass is 333 g/mol. The molecule has 0 bridgehead atoms. The summed E-state index contributed by atoms with van der Waals surface area (Å²) in [6, 6.07) is 12.6. The molecule has 0 aliphatic heterocycles. The molecule has 4 heteroatoms. The van der Waals surface area contributed by atoms with Gasteiger partial charge in [-0.2, -0.15) is 0 Å². The van der Waals surface area contributed by atoms with Crippen LogP contribution < -0.4 is 4.74 Å². The first-order chi connectivity index (χ1) is 11.1. The van der Waals surface area contributed by atoms with Gasteiger partial charge in [0.15, 0.2) is 0 Å². The lowest BCUT2D eigenvalue weighted by atomic mass is 10.2. The number of nitrogens with zero attached hydrogens (tertiary/aromatic N) is 1. The van der Waals surface area contributed by atoms with Crippen LogP contribution in [0.3, 0.4) is 0 Å². The summed E-state index contributed by atoms with van der Waals surface area (Å²) in [6.07, 6.45) is 0.570. The number of aryl methyl sites for hydroxylation is 1. The number of thiophene rings is 1. The predicted molar refractivity (Wildman–Crippen MR) is 97.2 cm³/mol. The molecule has 2 unspecified atom stereocenters. The van der Waals surface area contributed by atoms with E-state index in [2.05, 4.69) is 36.3 Å². The molecule has 0 saturated heterocycles. The molecule has 2 aromatic rings. The van der Waals surface area contributed by atoms with E-state index in [1.807, 2.05) is 31.2 Å². The van der Waals surface area contributed by atoms with Gasteiger partial charge >= 0.3 is 0 Å². The Hall–Kier alpha value is -1.36. The molecular weight excluding hydrogens is 306 g/mol. The van der Waals surface area contributed by atoms with E-state index in [9.17, 15) is 5.11 Å². The molecule has 0 aliphatic rings. The number of rotatable bonds is 9. The first kappa shape index (κ1) is 18.0. The van der Waals surface area contributed by atoms with Crippen LogP contribution in [0.5, 0.6) is 5.75 Å². The van der Waals surface area contributed by atoms with Crippen molar-refractivity contribution in [1.82, 2.24) is 4.90 Å². The van der Waals surface area contributed by atoms with E-state index < -0.39 is 6.10 Å². The Morgan fingerprint density at radius 1 is 1.22 bits per heavy atom. The van der Waals surface area contributed by atoms with Crippen molar-refractivity contribution >= 4 is 11.3 Å². The second-order valence-corrected chi connectivity index (χ2v) is 7.03. The Morgan fingerprint density at radius 3 is 2.65 bits per heavy atom. The molecule has 0 spiro atoms. The summed E-state index contributed by atoms with van der Waals surface area (Å²) >= 11 is 1.76. The molecule has 0 saturated carbocycles. The fourth-order valence-electron chi connectivity index (χ4n) is 2.49. The SMILES string of the molecule is CCC(C)N(Cc1cccs1)CC(O)COc1ccccc1C. The maximum atomic E-state index is 10.4. The third kappa shape index (κ3) is 5.65. The van der Waals surface area contributed by atoms with Crippen LogP contribution in [-0.4, -0.2) is 35.3 Å². The highest BCUT2D eigenvalue weighted by Crippen LogP contribution is 2.18. The normalized spacial score (nSPS) is 14.0. The molecule has 126 valence electrons. The highest BCUT2D eigenvalue weighted by Gasteiger charge is 2.18. The lowest BCUT2D eigenvalue weighted by Crippen LogP contribution is -2.40. The van der Waals surface area contributed by atoms with Crippen LogP contribution in [0.4, 0.5) is 0 Å². The van der Waals surface area contributed by atoms with Crippen LogP contribution in [0, 0.1) is 6.92 Å². The summed E-state index contributed by atoms with van der Waals surface area (Å²) in [5.74, 6) is 0.847. The van der Waals surface area contributed by atoms with Crippen LogP contribution in [-0.2, 0) is 6.54 Å². The van der Waals surface area contributed by atoms with E-state index in [-0.39, 0.29) is 0 Å². The van der Waals surface area contributed by atoms with Gasteiger partial charge in [-0.15, -0.1) is 11.3 Å². The van der Waals surface area contributed by atoms with Crippen molar-refractivity contribution in [3.05, 3.63) is 52.2 Å². The highest BCUT2D eigenvalue weighted by molar-refractivity contribution is 7.09. The van der Waals surface area contributed by atoms with E-state index in [0.717, 1.165) is 24.3 Å². The lowest BCUT2D eigenvalue weighted by molar-refractivity contribution is 0.0508. The van der Waals surface area contributed by atoms with E-state index in [0.29, 0.717) is 19.2 Å². The topological polar surface area (TPSA) is 32.7 Å². The van der Waals surface area contributed by atoms with E-state index in [4.69, 9.17) is 4.74 Å². The molecule has 0 aliphatic carbocycles. The number of ether oxygens (including phenoxy) is 1. The van der Waals surface area contributed by atoms with Gasteiger partial charge in [-0.25, -0.2) is 0 Å². The zero-order valence-corrected chi connectivity index (χ0v) is 15.1. The van der Waals surface area contributed by atoms with Crippen LogP contribution in [0.1, 0.15) is 30.7 Å². The summed E-state index contributed by atoms with van der Waals surface area (Å²) < 4.78 is 5.77. The molecule has 0 amide bonds. The number of para-hydroxylation sites is 1. The number of hydrogen-bond acceptors (Lipinski definition) is 4. The fraction of sp³-hybridized carbons (Fsp3) is 0.474. The third-order valence-corrected chi connectivity index (χ3v) is 4.98. The van der Waals surface area contributed by atoms with Crippen molar-refractivity contribution in [2.24, 2.45) is 0 Å². The van der Waals surface area contributed by atoms with Crippen molar-refractivity contribution in [3.8, 4) is 5.75 Å². The molecule has 0 fully saturated rings. The zero-order valence-electron chi connectivity index (χ0n) is 14.2. The first-order valence-electron chi connectivity index (χ1n) is 8.23. The Balaban J connectivity index is 1.89. The summed E-state index contributed by atoms with van der Waals surface area (Å²) in [7, 11) is 0. The smallest absolute Gasteiger partial charge is 0.122 e. The third-order valence-electron chi connectivity index (χ3n) is 4.12. The Morgan fingerprint density at radius 2 is 2.00 bits per heavy atom. The van der Waals surface area contributed by atoms with Gasteiger partial charge in [0, 0.05) is 24.0 Å². The fourth-order valence-corrected chi connectivity index (χ4v) is 3.22. The molecule has 1 aromatic carbocycles. The average Bonchev–Trinajstić information content (AvgIpc) is 3.06. The minimum atomic E-state index is -0.497. The molecule has 2 rings (SSSR count). The second kappa shape index (κ2) is 9.06. The van der Waals surface area contributed by atoms with E-state index in [1.54, 1.807) is 11.3 Å². The van der Waals surface area contributed by atoms with Crippen molar-refractivity contribution in [3.63, 3.8) is 0 Å². The maximum Gasteiger partial charge on any atom is 0.122 e. The number of aliphatic hydroxyl groups excluding tert-OH is 1. The van der Waals surface area contributed by atoms with Crippen molar-refractivity contribution < 1.29 is 9.84 Å². The van der Waals surface area contributed by atoms with Crippen molar-refractivity contribution in [2.75, 3.05) is 13.2 Å². The van der Waals surface area contributed by atoms with Crippen LogP contribution in [0.15, 0.2) is 41.8 Å². The summed E-state index contributed by atoms with van der Waals surface area (Å²) in [5.41, 5.74) is 1.09. The van der Waals surface area contributed by atoms with Crippen molar-refractivity contribution in [2.45, 2.75) is 45.9 Å². The second-order valence-electron chi connectivity index (χ2n) is 6.00. The Labute approximate surface area is 143 Å². The quantitative estimate of drug-likeness (QED) is 0.750. The summed E-state index contributed by atoms with van der Waals surface area (Å²) in [6.45, 7) is 8.24. The van der Waals surface area contributed by atoms with E-state index in [1.165, 1.54) is 4.88 Å². The van der Waals surface area contributed by atoms with Crippen LogP contribution in [0.25, 0.3) is 0 Å². The summed E-state index contributed by atoms with van der Waals surface area (Å²) in [4.78, 5) is 3.66. The molecule has 2 atom stereocenters. The van der Waals surface area contributed by atoms with Crippen molar-refractivity contribution in [1.29, 1.82) is 0 Å². The number of benzene rings is 1. The number of hydrogen-bond donors (Lipinski definition) is 1. The predicted octanol–water partition coefficient (Wildman–Crippen LogP) is 4.10. The molecule has 0 radical (unpaired) electrons. The average molecular weight is 333 g/mol. The molecule has 23 heavy (non-hydrogen) atoms. The minimum absolute atomic E-state index is 0.322. The van der Waals surface area contributed by atoms with Gasteiger partial charge in [0.2, 0.25) is 0 Å². The maximum absolute atomic E-state index is 10.4. The van der Waals surface area contributed by atoms with Gasteiger partial charge in [0.05, 0.1) is 0 Å². The van der Waals surface area contributed by atoms with Crippen LogP contribution >= 0.6 is 11.3 Å². The van der Waals surface area contributed by atoms with E-state index >= 15 is 0 Å². The first-order valence-corrected chi connectivity index (χ1v) is 9.11. The molecule has 1 N–H and O–H groups in total. The van der Waals surface area contributed by atoms with Gasteiger partial charge in [-0.05, 0) is 43.3 Å². The standard InChI is InChI=1S/C19H27NO2S/c1-4-16(3)20(13-18-9-7-11-23-18)12-17(21)14-22-19-10-6-5-8-15(19)2/h5-11,16-17,21H,4,12-14H2,1-3H3. The van der Waals surface area contributed by atoms with Crippen LogP contribution in [0.2, 0.25) is 0 Å². The molecule has 1 heterocycles. The zero-order chi connectivity index (χ0) is 16.7. The Bertz CT molecular complexity index is 571. The van der Waals surface area contributed by atoms with Gasteiger partial charge in [-0.3, -0.25) is 4.90 Å². The molecule has 1 aromatic heterocycles. The largest absolute Gasteiger partial charge is 0.491 e. The van der Waals surface area contributed by atoms with Gasteiger partial charge in [0.25, 0.3) is 0 Å².